The molecule has 2 amide bonds. The molecule has 0 bridgehead atoms. The number of para-hydroxylation sites is 1. The molecule has 0 atom stereocenters. The molecular weight excluding hydrogens is 314 g/mol. The molecule has 25 heavy (non-hydrogen) atoms. The van der Waals surface area contributed by atoms with E-state index in [-0.39, 0.29) is 6.03 Å². The Balaban J connectivity index is 1.58. The van der Waals surface area contributed by atoms with Gasteiger partial charge in [-0.15, -0.1) is 0 Å². The lowest BCUT2D eigenvalue weighted by Crippen LogP contribution is -2.19. The number of rotatable bonds is 4. The van der Waals surface area contributed by atoms with E-state index in [1.807, 2.05) is 30.3 Å². The van der Waals surface area contributed by atoms with Crippen LogP contribution in [-0.2, 0) is 0 Å². The first kappa shape index (κ1) is 16.0. The quantitative estimate of drug-likeness (QED) is 0.664. The number of anilines is 4. The van der Waals surface area contributed by atoms with E-state index in [1.54, 1.807) is 42.6 Å². The van der Waals surface area contributed by atoms with Crippen molar-refractivity contribution in [3.05, 3.63) is 78.5 Å². The van der Waals surface area contributed by atoms with Gasteiger partial charge in [0.1, 0.15) is 5.82 Å². The predicted molar refractivity (Wildman–Crippen MR) is 97.8 cm³/mol. The van der Waals surface area contributed by atoms with Gasteiger partial charge in [0.2, 0.25) is 0 Å². The van der Waals surface area contributed by atoms with Crippen molar-refractivity contribution < 1.29 is 4.79 Å². The third kappa shape index (κ3) is 4.56. The summed E-state index contributed by atoms with van der Waals surface area (Å²) in [6.07, 6.45) is 1.57. The molecule has 1 heterocycles. The molecule has 0 radical (unpaired) electrons. The summed E-state index contributed by atoms with van der Waals surface area (Å²) in [5.41, 5.74) is 2.72. The molecule has 3 N–H and O–H groups in total. The number of pyridine rings is 1. The van der Waals surface area contributed by atoms with E-state index in [4.69, 9.17) is 5.26 Å². The summed E-state index contributed by atoms with van der Waals surface area (Å²) >= 11 is 0. The fourth-order valence-corrected chi connectivity index (χ4v) is 2.13. The maximum atomic E-state index is 11.9. The number of nitriles is 1. The number of carbonyl (C=O) groups is 1. The van der Waals surface area contributed by atoms with Gasteiger partial charge < -0.3 is 16.0 Å². The highest BCUT2D eigenvalue weighted by molar-refractivity contribution is 5.99. The summed E-state index contributed by atoms with van der Waals surface area (Å²) in [5, 5.41) is 17.4. The van der Waals surface area contributed by atoms with E-state index in [2.05, 4.69) is 27.0 Å². The number of urea groups is 1. The van der Waals surface area contributed by atoms with Crippen LogP contribution in [0.5, 0.6) is 0 Å². The van der Waals surface area contributed by atoms with Gasteiger partial charge in [-0.2, -0.15) is 5.26 Å². The Hall–Kier alpha value is -3.85. The van der Waals surface area contributed by atoms with Crippen LogP contribution in [0, 0.1) is 11.3 Å². The van der Waals surface area contributed by atoms with Crippen LogP contribution in [0.25, 0.3) is 0 Å². The van der Waals surface area contributed by atoms with Gasteiger partial charge in [0, 0.05) is 11.4 Å². The molecule has 0 fully saturated rings. The number of carbonyl (C=O) groups excluding carboxylic acids is 1. The molecule has 6 nitrogen and oxygen atoms in total. The molecule has 0 aliphatic rings. The molecule has 2 aromatic carbocycles. The van der Waals surface area contributed by atoms with Crippen molar-refractivity contribution in [1.29, 1.82) is 5.26 Å². The van der Waals surface area contributed by atoms with Crippen LogP contribution in [0.15, 0.2) is 72.9 Å². The van der Waals surface area contributed by atoms with E-state index >= 15 is 0 Å². The fraction of sp³-hybridized carbons (Fsp3) is 0. The van der Waals surface area contributed by atoms with Crippen molar-refractivity contribution in [2.45, 2.75) is 0 Å². The number of hydrogen-bond acceptors (Lipinski definition) is 4. The lowest BCUT2D eigenvalue weighted by Gasteiger charge is -2.09. The topological polar surface area (TPSA) is 89.8 Å². The van der Waals surface area contributed by atoms with Gasteiger partial charge in [-0.3, -0.25) is 0 Å². The van der Waals surface area contributed by atoms with Gasteiger partial charge in [0.25, 0.3) is 0 Å². The second-order valence-corrected chi connectivity index (χ2v) is 5.19. The van der Waals surface area contributed by atoms with Crippen LogP contribution in [0.2, 0.25) is 0 Å². The molecule has 0 spiro atoms. The van der Waals surface area contributed by atoms with E-state index in [1.165, 1.54) is 0 Å². The maximum absolute atomic E-state index is 11.9. The van der Waals surface area contributed by atoms with Crippen molar-refractivity contribution >= 4 is 28.9 Å². The fourth-order valence-electron chi connectivity index (χ4n) is 2.13. The molecule has 0 aliphatic carbocycles. The van der Waals surface area contributed by atoms with Gasteiger partial charge in [-0.25, -0.2) is 9.78 Å². The molecule has 0 saturated carbocycles. The zero-order valence-electron chi connectivity index (χ0n) is 13.2. The Kier molecular flexibility index (Phi) is 4.88. The smallest absolute Gasteiger partial charge is 0.323 e. The minimum absolute atomic E-state index is 0.333. The number of nitrogens with one attached hydrogen (secondary N) is 3. The molecule has 0 saturated heterocycles. The maximum Gasteiger partial charge on any atom is 0.323 e. The monoisotopic (exact) mass is 329 g/mol. The second kappa shape index (κ2) is 7.62. The number of nitrogens with zero attached hydrogens (tertiary/aromatic N) is 2. The Morgan fingerprint density at radius 1 is 0.840 bits per heavy atom. The normalized spacial score (nSPS) is 9.72. The van der Waals surface area contributed by atoms with Crippen molar-refractivity contribution in [1.82, 2.24) is 4.98 Å². The Morgan fingerprint density at radius 3 is 2.16 bits per heavy atom. The first-order chi connectivity index (χ1) is 12.2. The Morgan fingerprint density at radius 2 is 1.52 bits per heavy atom. The first-order valence-electron chi connectivity index (χ1n) is 7.59. The lowest BCUT2D eigenvalue weighted by molar-refractivity contribution is 0.262. The first-order valence-corrected chi connectivity index (χ1v) is 7.59. The molecule has 3 aromatic rings. The van der Waals surface area contributed by atoms with Crippen molar-refractivity contribution in [3.63, 3.8) is 0 Å². The third-order valence-corrected chi connectivity index (χ3v) is 3.34. The van der Waals surface area contributed by atoms with Crippen molar-refractivity contribution in [2.75, 3.05) is 16.0 Å². The van der Waals surface area contributed by atoms with Gasteiger partial charge >= 0.3 is 6.03 Å². The van der Waals surface area contributed by atoms with Gasteiger partial charge in [0.15, 0.2) is 0 Å². The van der Waals surface area contributed by atoms with Crippen molar-refractivity contribution in [2.24, 2.45) is 0 Å². The summed E-state index contributed by atoms with van der Waals surface area (Å²) in [4.78, 5) is 16.2. The highest BCUT2D eigenvalue weighted by Crippen LogP contribution is 2.17. The van der Waals surface area contributed by atoms with Gasteiger partial charge in [-0.05, 0) is 48.5 Å². The molecular formula is C19H15N5O. The third-order valence-electron chi connectivity index (χ3n) is 3.34. The van der Waals surface area contributed by atoms with Gasteiger partial charge in [0.05, 0.1) is 23.5 Å². The zero-order valence-corrected chi connectivity index (χ0v) is 13.2. The molecule has 6 heteroatoms. The van der Waals surface area contributed by atoms with Crippen LogP contribution in [-0.4, -0.2) is 11.0 Å². The average molecular weight is 329 g/mol. The molecule has 0 unspecified atom stereocenters. The predicted octanol–water partition coefficient (Wildman–Crippen LogP) is 4.34. The summed E-state index contributed by atoms with van der Waals surface area (Å²) in [6.45, 7) is 0. The second-order valence-electron chi connectivity index (χ2n) is 5.19. The number of amides is 2. The highest BCUT2D eigenvalue weighted by atomic mass is 16.2. The van der Waals surface area contributed by atoms with Crippen LogP contribution >= 0.6 is 0 Å². The number of benzene rings is 2. The minimum Gasteiger partial charge on any atom is -0.340 e. The lowest BCUT2D eigenvalue weighted by atomic mass is 10.2. The van der Waals surface area contributed by atoms with E-state index in [0.29, 0.717) is 22.8 Å². The molecule has 0 aliphatic heterocycles. The van der Waals surface area contributed by atoms with Crippen LogP contribution in [0.3, 0.4) is 0 Å². The van der Waals surface area contributed by atoms with Gasteiger partial charge in [-0.1, -0.05) is 18.2 Å². The molecule has 122 valence electrons. The summed E-state index contributed by atoms with van der Waals surface area (Å²) in [6, 6.07) is 21.5. The van der Waals surface area contributed by atoms with Crippen LogP contribution < -0.4 is 16.0 Å². The Bertz CT molecular complexity index is 884. The van der Waals surface area contributed by atoms with E-state index in [9.17, 15) is 4.79 Å². The summed E-state index contributed by atoms with van der Waals surface area (Å²) in [5.74, 6) is 0.638. The van der Waals surface area contributed by atoms with Crippen molar-refractivity contribution in [3.8, 4) is 6.07 Å². The van der Waals surface area contributed by atoms with E-state index in [0.717, 1.165) is 5.69 Å². The number of hydrogen-bond donors (Lipinski definition) is 3. The SMILES string of the molecule is N#Cc1ccc(Nc2ccc(NC(=O)Nc3ccccc3)cn2)cc1. The van der Waals surface area contributed by atoms with E-state index < -0.39 is 0 Å². The average Bonchev–Trinajstić information content (AvgIpc) is 2.65. The van der Waals surface area contributed by atoms with Crippen LogP contribution in [0.4, 0.5) is 27.7 Å². The van der Waals surface area contributed by atoms with Crippen LogP contribution in [0.1, 0.15) is 5.56 Å². The summed E-state index contributed by atoms with van der Waals surface area (Å²) in [7, 11) is 0. The number of aromatic nitrogens is 1. The molecule has 3 rings (SSSR count). The Labute approximate surface area is 145 Å². The minimum atomic E-state index is -0.333. The highest BCUT2D eigenvalue weighted by Gasteiger charge is 2.03. The summed E-state index contributed by atoms with van der Waals surface area (Å²) < 4.78 is 0. The zero-order chi connectivity index (χ0) is 17.5. The molecule has 1 aromatic heterocycles. The standard InChI is InChI=1S/C19H15N5O/c20-12-14-6-8-16(9-7-14)22-18-11-10-17(13-21-18)24-19(25)23-15-4-2-1-3-5-15/h1-11,13H,(H,21,22)(H2,23,24,25). The largest absolute Gasteiger partial charge is 0.340 e.